The molecule has 1 N–H and O–H groups in total. The molecule has 96 valence electrons. The van der Waals surface area contributed by atoms with Crippen LogP contribution in [0.1, 0.15) is 24.4 Å². The number of nitrogens with zero attached hydrogens (tertiary/aromatic N) is 2. The summed E-state index contributed by atoms with van der Waals surface area (Å²) < 4.78 is 1.95. The van der Waals surface area contributed by atoms with Gasteiger partial charge in [-0.3, -0.25) is 4.57 Å². The molecule has 1 aliphatic rings. The van der Waals surface area contributed by atoms with E-state index in [1.165, 1.54) is 0 Å². The van der Waals surface area contributed by atoms with Gasteiger partial charge in [-0.1, -0.05) is 12.1 Å². The van der Waals surface area contributed by atoms with E-state index in [-0.39, 0.29) is 5.69 Å². The number of likely N-dealkylation sites (tertiary alicyclic amines) is 1. The molecule has 4 heteroatoms. The van der Waals surface area contributed by atoms with Crippen LogP contribution in [0.5, 0.6) is 0 Å². The number of piperidine rings is 1. The molecule has 0 atom stereocenters. The van der Waals surface area contributed by atoms with Crippen molar-refractivity contribution in [2.45, 2.75) is 25.8 Å². The van der Waals surface area contributed by atoms with E-state index < -0.39 is 0 Å². The Bertz CT molecular complexity index is 617. The van der Waals surface area contributed by atoms with Crippen molar-refractivity contribution in [2.24, 2.45) is 0 Å². The highest BCUT2D eigenvalue weighted by Gasteiger charge is 2.21. The van der Waals surface area contributed by atoms with Crippen molar-refractivity contribution in [1.29, 1.82) is 0 Å². The topological polar surface area (TPSA) is 41.0 Å². The summed E-state index contributed by atoms with van der Waals surface area (Å²) in [5.41, 5.74) is 3.21. The monoisotopic (exact) mass is 245 g/mol. The molecule has 0 amide bonds. The van der Waals surface area contributed by atoms with Gasteiger partial charge >= 0.3 is 5.69 Å². The standard InChI is InChI=1S/C14H19N3O/c1-10-4-3-5-12-13(10)15-14(18)17(12)11-6-8-16(2)9-7-11/h3-5,11H,6-9H2,1-2H3,(H,15,18). The van der Waals surface area contributed by atoms with Crippen molar-refractivity contribution < 1.29 is 0 Å². The quantitative estimate of drug-likeness (QED) is 0.833. The number of hydrogen-bond acceptors (Lipinski definition) is 2. The van der Waals surface area contributed by atoms with E-state index in [4.69, 9.17) is 0 Å². The molecule has 18 heavy (non-hydrogen) atoms. The molecule has 1 saturated heterocycles. The van der Waals surface area contributed by atoms with Gasteiger partial charge in [0.1, 0.15) is 0 Å². The number of aromatic amines is 1. The normalized spacial score (nSPS) is 18.6. The Kier molecular flexibility index (Phi) is 2.74. The number of nitrogens with one attached hydrogen (secondary N) is 1. The Balaban J connectivity index is 2.09. The Morgan fingerprint density at radius 1 is 1.28 bits per heavy atom. The summed E-state index contributed by atoms with van der Waals surface area (Å²) in [6.07, 6.45) is 2.11. The van der Waals surface area contributed by atoms with Gasteiger partial charge in [0.25, 0.3) is 0 Å². The van der Waals surface area contributed by atoms with Gasteiger partial charge in [-0.15, -0.1) is 0 Å². The van der Waals surface area contributed by atoms with Crippen LogP contribution in [-0.4, -0.2) is 34.6 Å². The average Bonchev–Trinajstić information content (AvgIpc) is 2.69. The minimum absolute atomic E-state index is 0.0360. The van der Waals surface area contributed by atoms with Crippen LogP contribution in [0.25, 0.3) is 11.0 Å². The molecule has 1 aromatic carbocycles. The van der Waals surface area contributed by atoms with Crippen LogP contribution in [0, 0.1) is 6.92 Å². The number of fused-ring (bicyclic) bond motifs is 1. The summed E-state index contributed by atoms with van der Waals surface area (Å²) in [5, 5.41) is 0. The predicted molar refractivity (Wildman–Crippen MR) is 73.1 cm³/mol. The van der Waals surface area contributed by atoms with Gasteiger partial charge in [0.05, 0.1) is 11.0 Å². The molecule has 4 nitrogen and oxygen atoms in total. The number of benzene rings is 1. The highest BCUT2D eigenvalue weighted by molar-refractivity contribution is 5.78. The molecule has 3 rings (SSSR count). The van der Waals surface area contributed by atoms with Gasteiger partial charge in [0.2, 0.25) is 0 Å². The van der Waals surface area contributed by atoms with Gasteiger partial charge < -0.3 is 9.88 Å². The number of imidazole rings is 1. The maximum atomic E-state index is 12.2. The Morgan fingerprint density at radius 3 is 2.72 bits per heavy atom. The number of hydrogen-bond donors (Lipinski definition) is 1. The molecule has 1 fully saturated rings. The number of aryl methyl sites for hydroxylation is 1. The zero-order chi connectivity index (χ0) is 12.7. The summed E-state index contributed by atoms with van der Waals surface area (Å²) in [7, 11) is 2.14. The summed E-state index contributed by atoms with van der Waals surface area (Å²) >= 11 is 0. The van der Waals surface area contributed by atoms with Crippen molar-refractivity contribution in [3.05, 3.63) is 34.2 Å². The minimum Gasteiger partial charge on any atom is -0.306 e. The average molecular weight is 245 g/mol. The van der Waals surface area contributed by atoms with Crippen molar-refractivity contribution in [2.75, 3.05) is 20.1 Å². The van der Waals surface area contributed by atoms with Crippen LogP contribution >= 0.6 is 0 Å². The molecule has 0 bridgehead atoms. The first-order valence-electron chi connectivity index (χ1n) is 6.55. The van der Waals surface area contributed by atoms with Gasteiger partial charge in [-0.05, 0) is 51.5 Å². The Labute approximate surface area is 106 Å². The second-order valence-electron chi connectivity index (χ2n) is 5.30. The fraction of sp³-hybridized carbons (Fsp3) is 0.500. The molecule has 1 aromatic heterocycles. The lowest BCUT2D eigenvalue weighted by molar-refractivity contribution is 0.221. The molecule has 0 spiro atoms. The number of H-pyrrole nitrogens is 1. The van der Waals surface area contributed by atoms with E-state index in [0.717, 1.165) is 42.5 Å². The summed E-state index contributed by atoms with van der Waals surface area (Å²) in [6.45, 7) is 4.17. The van der Waals surface area contributed by atoms with Gasteiger partial charge in [-0.2, -0.15) is 0 Å². The maximum Gasteiger partial charge on any atom is 0.326 e. The van der Waals surface area contributed by atoms with E-state index in [0.29, 0.717) is 6.04 Å². The highest BCUT2D eigenvalue weighted by atomic mass is 16.1. The third kappa shape index (κ3) is 1.77. The van der Waals surface area contributed by atoms with Crippen LogP contribution in [0.2, 0.25) is 0 Å². The molecule has 2 aromatic rings. The molecule has 0 saturated carbocycles. The fourth-order valence-corrected chi connectivity index (χ4v) is 2.91. The molecule has 0 aliphatic carbocycles. The zero-order valence-corrected chi connectivity index (χ0v) is 10.9. The molecule has 2 heterocycles. The first-order valence-corrected chi connectivity index (χ1v) is 6.55. The van der Waals surface area contributed by atoms with E-state index in [1.54, 1.807) is 0 Å². The predicted octanol–water partition coefficient (Wildman–Crippen LogP) is 1.90. The van der Waals surface area contributed by atoms with Crippen molar-refractivity contribution in [3.8, 4) is 0 Å². The summed E-state index contributed by atoms with van der Waals surface area (Å²) in [4.78, 5) is 17.5. The van der Waals surface area contributed by atoms with E-state index >= 15 is 0 Å². The summed E-state index contributed by atoms with van der Waals surface area (Å²) in [5.74, 6) is 0. The van der Waals surface area contributed by atoms with E-state index in [1.807, 2.05) is 29.7 Å². The summed E-state index contributed by atoms with van der Waals surface area (Å²) in [6, 6.07) is 6.44. The molecular weight excluding hydrogens is 226 g/mol. The maximum absolute atomic E-state index is 12.2. The van der Waals surface area contributed by atoms with Crippen LogP contribution < -0.4 is 5.69 Å². The zero-order valence-electron chi connectivity index (χ0n) is 10.9. The molecule has 0 unspecified atom stereocenters. The van der Waals surface area contributed by atoms with E-state index in [9.17, 15) is 4.79 Å². The lowest BCUT2D eigenvalue weighted by Gasteiger charge is -2.29. The van der Waals surface area contributed by atoms with E-state index in [2.05, 4.69) is 16.9 Å². The second kappa shape index (κ2) is 4.28. The van der Waals surface area contributed by atoms with Crippen LogP contribution in [-0.2, 0) is 0 Å². The third-order valence-corrected chi connectivity index (χ3v) is 4.01. The highest BCUT2D eigenvalue weighted by Crippen LogP contribution is 2.25. The first kappa shape index (κ1) is 11.5. The minimum atomic E-state index is 0.0360. The van der Waals surface area contributed by atoms with Gasteiger partial charge in [-0.25, -0.2) is 4.79 Å². The second-order valence-corrected chi connectivity index (χ2v) is 5.30. The van der Waals surface area contributed by atoms with Gasteiger partial charge in [0, 0.05) is 6.04 Å². The number of aromatic nitrogens is 2. The lowest BCUT2D eigenvalue weighted by atomic mass is 10.0. The fourth-order valence-electron chi connectivity index (χ4n) is 2.91. The van der Waals surface area contributed by atoms with Crippen molar-refractivity contribution >= 4 is 11.0 Å². The van der Waals surface area contributed by atoms with Crippen LogP contribution in [0.4, 0.5) is 0 Å². The first-order chi connectivity index (χ1) is 8.66. The largest absolute Gasteiger partial charge is 0.326 e. The Morgan fingerprint density at radius 2 is 2.00 bits per heavy atom. The van der Waals surface area contributed by atoms with Crippen molar-refractivity contribution in [3.63, 3.8) is 0 Å². The molecule has 1 aliphatic heterocycles. The van der Waals surface area contributed by atoms with Crippen LogP contribution in [0.15, 0.2) is 23.0 Å². The van der Waals surface area contributed by atoms with Crippen LogP contribution in [0.3, 0.4) is 0 Å². The number of para-hydroxylation sites is 1. The smallest absolute Gasteiger partial charge is 0.306 e. The molecular formula is C14H19N3O. The van der Waals surface area contributed by atoms with Crippen molar-refractivity contribution in [1.82, 2.24) is 14.5 Å². The Hall–Kier alpha value is -1.55. The third-order valence-electron chi connectivity index (χ3n) is 4.01. The lowest BCUT2D eigenvalue weighted by Crippen LogP contribution is -2.34. The number of rotatable bonds is 1. The van der Waals surface area contributed by atoms with Gasteiger partial charge in [0.15, 0.2) is 0 Å². The molecule has 0 radical (unpaired) electrons. The SMILES string of the molecule is Cc1cccc2c1[nH]c(=O)n2C1CCN(C)CC1.